The van der Waals surface area contributed by atoms with E-state index in [0.717, 1.165) is 38.5 Å². The molecule has 0 N–H and O–H groups in total. The van der Waals surface area contributed by atoms with Crippen molar-refractivity contribution in [1.29, 1.82) is 0 Å². The highest BCUT2D eigenvalue weighted by atomic mass is 14.0. The van der Waals surface area contributed by atoms with E-state index < -0.39 is 0 Å². The summed E-state index contributed by atoms with van der Waals surface area (Å²) in [6.07, 6.45) is 22.4. The maximum atomic E-state index is 3.38. The van der Waals surface area contributed by atoms with E-state index in [0.29, 0.717) is 0 Å². The molecular weight excluding hydrogens is 360 g/mol. The number of allylic oxidation sites excluding steroid dienone is 10. The Morgan fingerprint density at radius 2 is 0.800 bits per heavy atom. The molecule has 0 bridgehead atoms. The predicted molar refractivity (Wildman–Crippen MR) is 138 cm³/mol. The average molecular weight is 407 g/mol. The molecule has 30 heavy (non-hydrogen) atoms. The van der Waals surface area contributed by atoms with Gasteiger partial charge in [0.25, 0.3) is 0 Å². The van der Waals surface area contributed by atoms with Crippen molar-refractivity contribution in [1.82, 2.24) is 0 Å². The lowest BCUT2D eigenvalue weighted by Crippen LogP contribution is -1.80. The molecule has 0 atom stereocenters. The average Bonchev–Trinajstić information content (AvgIpc) is 2.64. The van der Waals surface area contributed by atoms with Crippen LogP contribution in [0, 0.1) is 0 Å². The molecule has 0 aliphatic heterocycles. The van der Waals surface area contributed by atoms with Crippen LogP contribution >= 0.6 is 0 Å². The zero-order chi connectivity index (χ0) is 22.8. The van der Waals surface area contributed by atoms with Gasteiger partial charge in [-0.25, -0.2) is 0 Å². The van der Waals surface area contributed by atoms with Gasteiger partial charge in [0.1, 0.15) is 0 Å². The summed E-state index contributed by atoms with van der Waals surface area (Å²) in [6.45, 7) is 17.5. The van der Waals surface area contributed by atoms with Crippen LogP contribution in [-0.4, -0.2) is 0 Å². The third-order valence-corrected chi connectivity index (χ3v) is 4.95. The number of hydrogen-bond donors (Lipinski definition) is 0. The van der Waals surface area contributed by atoms with Gasteiger partial charge < -0.3 is 0 Å². The summed E-state index contributed by atoms with van der Waals surface area (Å²) >= 11 is 0. The summed E-state index contributed by atoms with van der Waals surface area (Å²) in [7, 11) is 0. The summed E-state index contributed by atoms with van der Waals surface area (Å²) in [5.41, 5.74) is 15.2. The predicted octanol–water partition coefficient (Wildman–Crippen LogP) is 10.1. The molecule has 0 spiro atoms. The highest BCUT2D eigenvalue weighted by Gasteiger charge is 1.92. The molecule has 0 saturated carbocycles. The van der Waals surface area contributed by atoms with E-state index in [1.165, 1.54) is 46.3 Å². The van der Waals surface area contributed by atoms with Crippen molar-refractivity contribution in [2.24, 2.45) is 0 Å². The van der Waals surface area contributed by atoms with Crippen LogP contribution in [0.4, 0.5) is 0 Å². The first-order valence-electron chi connectivity index (χ1n) is 11.6. The van der Waals surface area contributed by atoms with Crippen LogP contribution < -0.4 is 0 Å². The Kier molecular flexibility index (Phi) is 16.6. The Morgan fingerprint density at radius 1 is 0.467 bits per heavy atom. The van der Waals surface area contributed by atoms with Crippen molar-refractivity contribution in [3.8, 4) is 0 Å². The summed E-state index contributed by atoms with van der Waals surface area (Å²) < 4.78 is 0. The summed E-state index contributed by atoms with van der Waals surface area (Å²) in [4.78, 5) is 0. The topological polar surface area (TPSA) is 0 Å². The molecule has 0 aromatic carbocycles. The number of hydrogen-bond acceptors (Lipinski definition) is 0. The fourth-order valence-electron chi connectivity index (χ4n) is 2.96. The Hall–Kier alpha value is -2.00. The lowest BCUT2D eigenvalue weighted by molar-refractivity contribution is 0.919. The van der Waals surface area contributed by atoms with Gasteiger partial charge in [0, 0.05) is 0 Å². The van der Waals surface area contributed by atoms with E-state index in [9.17, 15) is 0 Å². The molecule has 0 nitrogen and oxygen atoms in total. The smallest absolute Gasteiger partial charge is 0.0123 e. The summed E-state index contributed by atoms with van der Waals surface area (Å²) in [6, 6.07) is 0. The molecule has 0 amide bonds. The van der Waals surface area contributed by atoms with Crippen LogP contribution in [0.15, 0.2) is 81.4 Å². The number of rotatable bonds is 13. The van der Waals surface area contributed by atoms with Gasteiger partial charge in [-0.15, -0.1) is 11.5 Å². The fraction of sp³-hybridized carbons (Fsp3) is 0.533. The highest BCUT2D eigenvalue weighted by Crippen LogP contribution is 2.12. The lowest BCUT2D eigenvalue weighted by Gasteiger charge is -2.00. The molecule has 0 heterocycles. The SMILES string of the molecule is CC(=C=CC=C=C(C)CC/C=C(\C)CCC=C(C)C)CC/C=C(\C)CCC=C(C)C. The molecule has 0 saturated heterocycles. The van der Waals surface area contributed by atoms with Crippen molar-refractivity contribution in [2.45, 2.75) is 107 Å². The minimum atomic E-state index is 1.07. The van der Waals surface area contributed by atoms with Crippen LogP contribution in [0.3, 0.4) is 0 Å². The van der Waals surface area contributed by atoms with Crippen molar-refractivity contribution < 1.29 is 0 Å². The third kappa shape index (κ3) is 19.3. The minimum absolute atomic E-state index is 1.07. The highest BCUT2D eigenvalue weighted by molar-refractivity contribution is 5.12. The third-order valence-electron chi connectivity index (χ3n) is 4.95. The Labute approximate surface area is 188 Å². The maximum absolute atomic E-state index is 3.38. The molecule has 0 unspecified atom stereocenters. The van der Waals surface area contributed by atoms with Gasteiger partial charge in [0.2, 0.25) is 0 Å². The first-order valence-corrected chi connectivity index (χ1v) is 11.6. The molecule has 0 aliphatic carbocycles. The van der Waals surface area contributed by atoms with Gasteiger partial charge in [-0.1, -0.05) is 46.6 Å². The van der Waals surface area contributed by atoms with E-state index >= 15 is 0 Å². The first kappa shape index (κ1) is 28.0. The van der Waals surface area contributed by atoms with Crippen LogP contribution in [-0.2, 0) is 0 Å². The fourth-order valence-corrected chi connectivity index (χ4v) is 2.96. The molecule has 0 aromatic rings. The minimum Gasteiger partial charge on any atom is -0.121 e. The van der Waals surface area contributed by atoms with E-state index in [1.54, 1.807) is 0 Å². The Balaban J connectivity index is 4.38. The largest absolute Gasteiger partial charge is 0.121 e. The van der Waals surface area contributed by atoms with Crippen molar-refractivity contribution >= 4 is 0 Å². The van der Waals surface area contributed by atoms with Gasteiger partial charge in [-0.2, -0.15) is 0 Å². The standard InChI is InChI=1S/C30H46/c1-25(2)15-11-19-29(7)23-13-21-27(5)17-9-10-18-28(6)22-14-24-30(8)20-12-16-26(3)4/h9-10,15-16,23-24H,11-14,19-22H2,1-8H3/b29-23+,30-24+. The molecule has 0 heteroatoms. The zero-order valence-electron chi connectivity index (χ0n) is 21.1. The zero-order valence-corrected chi connectivity index (χ0v) is 21.1. The Morgan fingerprint density at radius 3 is 1.13 bits per heavy atom. The molecule has 0 aromatic heterocycles. The monoisotopic (exact) mass is 406 g/mol. The van der Waals surface area contributed by atoms with Gasteiger partial charge in [0.05, 0.1) is 0 Å². The van der Waals surface area contributed by atoms with E-state index in [4.69, 9.17) is 0 Å². The van der Waals surface area contributed by atoms with Gasteiger partial charge in [0.15, 0.2) is 0 Å². The van der Waals surface area contributed by atoms with Gasteiger partial charge >= 0.3 is 0 Å². The summed E-state index contributed by atoms with van der Waals surface area (Å²) in [5, 5.41) is 0. The quantitative estimate of drug-likeness (QED) is 0.162. The van der Waals surface area contributed by atoms with Crippen molar-refractivity contribution in [3.05, 3.63) is 81.4 Å². The first-order chi connectivity index (χ1) is 14.2. The normalized spacial score (nSPS) is 11.2. The van der Waals surface area contributed by atoms with E-state index in [-0.39, 0.29) is 0 Å². The van der Waals surface area contributed by atoms with Crippen LogP contribution in [0.5, 0.6) is 0 Å². The lowest BCUT2D eigenvalue weighted by atomic mass is 10.1. The second-order valence-electron chi connectivity index (χ2n) is 9.00. The molecule has 166 valence electrons. The van der Waals surface area contributed by atoms with Crippen molar-refractivity contribution in [3.63, 3.8) is 0 Å². The molecule has 0 aliphatic rings. The second kappa shape index (κ2) is 17.8. The van der Waals surface area contributed by atoms with E-state index in [1.807, 2.05) is 12.2 Å². The maximum Gasteiger partial charge on any atom is -0.0123 e. The molecule has 0 rings (SSSR count). The molecule has 0 radical (unpaired) electrons. The van der Waals surface area contributed by atoms with Crippen LogP contribution in [0.1, 0.15) is 107 Å². The van der Waals surface area contributed by atoms with Crippen molar-refractivity contribution in [2.75, 3.05) is 0 Å². The van der Waals surface area contributed by atoms with Crippen LogP contribution in [0.2, 0.25) is 0 Å². The summed E-state index contributed by atoms with van der Waals surface area (Å²) in [5.74, 6) is 0. The van der Waals surface area contributed by atoms with Crippen LogP contribution in [0.25, 0.3) is 0 Å². The Bertz CT molecular complexity index is 672. The second-order valence-corrected chi connectivity index (χ2v) is 9.00. The van der Waals surface area contributed by atoms with E-state index in [2.05, 4.69) is 91.2 Å². The van der Waals surface area contributed by atoms with Gasteiger partial charge in [-0.3, -0.25) is 0 Å². The van der Waals surface area contributed by atoms with Gasteiger partial charge in [-0.05, 0) is 130 Å². The molecular formula is C30H46. The molecule has 0 fully saturated rings.